The lowest BCUT2D eigenvalue weighted by atomic mass is 10.1. The Labute approximate surface area is 110 Å². The molecule has 6 heteroatoms. The number of hydrogen-bond acceptors (Lipinski definition) is 4. The zero-order valence-electron chi connectivity index (χ0n) is 10.8. The molecule has 1 aliphatic heterocycles. The largest absolute Gasteiger partial charge is 0.478 e. The predicted molar refractivity (Wildman–Crippen MR) is 66.3 cm³/mol. The molecule has 1 unspecified atom stereocenters. The Morgan fingerprint density at radius 1 is 1.53 bits per heavy atom. The molecule has 1 aromatic heterocycles. The third-order valence-electron chi connectivity index (χ3n) is 3.16. The minimum absolute atomic E-state index is 0.0492. The molecule has 1 aromatic rings. The van der Waals surface area contributed by atoms with Crippen LogP contribution in [0.2, 0.25) is 0 Å². The molecule has 0 bridgehead atoms. The molecule has 6 nitrogen and oxygen atoms in total. The van der Waals surface area contributed by atoms with E-state index in [1.807, 2.05) is 0 Å². The molecule has 0 aliphatic carbocycles. The van der Waals surface area contributed by atoms with E-state index in [9.17, 15) is 9.59 Å². The van der Waals surface area contributed by atoms with Crippen molar-refractivity contribution >= 4 is 11.9 Å². The van der Waals surface area contributed by atoms with Crippen LogP contribution in [0, 0.1) is 5.92 Å². The Bertz CT molecular complexity index is 473. The summed E-state index contributed by atoms with van der Waals surface area (Å²) in [5, 5.41) is 11.7. The van der Waals surface area contributed by atoms with Gasteiger partial charge in [0.15, 0.2) is 5.76 Å². The van der Waals surface area contributed by atoms with Crippen molar-refractivity contribution in [1.82, 2.24) is 5.32 Å². The van der Waals surface area contributed by atoms with Crippen LogP contribution in [0.15, 0.2) is 10.5 Å². The summed E-state index contributed by atoms with van der Waals surface area (Å²) in [5.41, 5.74) is 0.0526. The van der Waals surface area contributed by atoms with Gasteiger partial charge in [-0.1, -0.05) is 6.92 Å². The number of carbonyl (C=O) groups is 2. The highest BCUT2D eigenvalue weighted by Crippen LogP contribution is 2.17. The number of carboxylic acid groups (broad SMARTS) is 1. The molecule has 0 spiro atoms. The number of ether oxygens (including phenoxy) is 1. The van der Waals surface area contributed by atoms with E-state index in [4.69, 9.17) is 14.3 Å². The highest BCUT2D eigenvalue weighted by atomic mass is 16.5. The molecular formula is C13H17NO5. The monoisotopic (exact) mass is 267 g/mol. The van der Waals surface area contributed by atoms with E-state index in [-0.39, 0.29) is 17.2 Å². The Hall–Kier alpha value is -1.82. The van der Waals surface area contributed by atoms with Gasteiger partial charge in [0.2, 0.25) is 0 Å². The second kappa shape index (κ2) is 5.88. The van der Waals surface area contributed by atoms with Gasteiger partial charge in [0.1, 0.15) is 11.3 Å². The third-order valence-corrected chi connectivity index (χ3v) is 3.16. The summed E-state index contributed by atoms with van der Waals surface area (Å²) in [6.45, 7) is 3.68. The number of carboxylic acids is 1. The number of amides is 1. The van der Waals surface area contributed by atoms with Crippen molar-refractivity contribution in [2.75, 3.05) is 19.8 Å². The minimum Gasteiger partial charge on any atom is -0.478 e. The molecule has 1 fully saturated rings. The summed E-state index contributed by atoms with van der Waals surface area (Å²) < 4.78 is 10.5. The first-order chi connectivity index (χ1) is 9.11. The van der Waals surface area contributed by atoms with Crippen LogP contribution in [0.1, 0.15) is 40.0 Å². The fourth-order valence-corrected chi connectivity index (χ4v) is 2.05. The van der Waals surface area contributed by atoms with Crippen LogP contribution in [-0.2, 0) is 11.2 Å². The van der Waals surface area contributed by atoms with Gasteiger partial charge in [-0.25, -0.2) is 4.79 Å². The summed E-state index contributed by atoms with van der Waals surface area (Å²) in [4.78, 5) is 22.8. The maximum Gasteiger partial charge on any atom is 0.339 e. The zero-order chi connectivity index (χ0) is 13.8. The fraction of sp³-hybridized carbons (Fsp3) is 0.538. The average Bonchev–Trinajstić information content (AvgIpc) is 3.04. The Morgan fingerprint density at radius 2 is 2.32 bits per heavy atom. The number of nitrogens with one attached hydrogen (secondary N) is 1. The molecule has 104 valence electrons. The molecule has 0 saturated carbocycles. The summed E-state index contributed by atoms with van der Waals surface area (Å²) >= 11 is 0. The molecular weight excluding hydrogens is 250 g/mol. The molecule has 2 rings (SSSR count). The van der Waals surface area contributed by atoms with Crippen LogP contribution in [0.25, 0.3) is 0 Å². The van der Waals surface area contributed by atoms with Gasteiger partial charge in [-0.15, -0.1) is 0 Å². The van der Waals surface area contributed by atoms with Crippen LogP contribution in [-0.4, -0.2) is 36.7 Å². The molecule has 19 heavy (non-hydrogen) atoms. The van der Waals surface area contributed by atoms with E-state index in [1.54, 1.807) is 6.92 Å². The van der Waals surface area contributed by atoms with E-state index in [0.717, 1.165) is 13.0 Å². The highest BCUT2D eigenvalue weighted by molar-refractivity contribution is 5.96. The lowest BCUT2D eigenvalue weighted by Gasteiger charge is -2.07. The smallest absolute Gasteiger partial charge is 0.339 e. The predicted octanol–water partition coefficient (Wildman–Crippen LogP) is 1.31. The van der Waals surface area contributed by atoms with Crippen molar-refractivity contribution < 1.29 is 23.8 Å². The molecule has 1 aliphatic rings. The fourth-order valence-electron chi connectivity index (χ4n) is 2.05. The average molecular weight is 267 g/mol. The third kappa shape index (κ3) is 3.14. The van der Waals surface area contributed by atoms with Crippen LogP contribution < -0.4 is 5.32 Å². The van der Waals surface area contributed by atoms with Gasteiger partial charge in [0.05, 0.1) is 6.61 Å². The van der Waals surface area contributed by atoms with Gasteiger partial charge >= 0.3 is 5.97 Å². The quantitative estimate of drug-likeness (QED) is 0.839. The normalized spacial score (nSPS) is 18.5. The first-order valence-electron chi connectivity index (χ1n) is 6.33. The molecule has 1 saturated heterocycles. The summed E-state index contributed by atoms with van der Waals surface area (Å²) in [6.07, 6.45) is 1.37. The van der Waals surface area contributed by atoms with Crippen molar-refractivity contribution in [3.63, 3.8) is 0 Å². The zero-order valence-corrected chi connectivity index (χ0v) is 10.8. The van der Waals surface area contributed by atoms with Gasteiger partial charge in [-0.05, 0) is 6.42 Å². The lowest BCUT2D eigenvalue weighted by molar-refractivity contribution is 0.0694. The molecule has 1 atom stereocenters. The Kier molecular flexibility index (Phi) is 4.21. The second-order valence-corrected chi connectivity index (χ2v) is 4.55. The number of aryl methyl sites for hydroxylation is 1. The molecule has 0 radical (unpaired) electrons. The first kappa shape index (κ1) is 13.6. The van der Waals surface area contributed by atoms with E-state index in [2.05, 4.69) is 5.32 Å². The number of carbonyl (C=O) groups excluding carboxylic acids is 1. The number of aromatic carboxylic acids is 1. The van der Waals surface area contributed by atoms with Gasteiger partial charge in [-0.3, -0.25) is 4.79 Å². The number of hydrogen-bond donors (Lipinski definition) is 2. The van der Waals surface area contributed by atoms with Crippen molar-refractivity contribution in [3.05, 3.63) is 23.2 Å². The van der Waals surface area contributed by atoms with Crippen molar-refractivity contribution in [2.45, 2.75) is 19.8 Å². The van der Waals surface area contributed by atoms with Crippen LogP contribution in [0.5, 0.6) is 0 Å². The minimum atomic E-state index is -1.08. The SMILES string of the molecule is CCc1oc(C(=O)NCC2CCOC2)cc1C(=O)O. The van der Waals surface area contributed by atoms with Gasteiger partial charge in [0.25, 0.3) is 5.91 Å². The molecule has 2 N–H and O–H groups in total. The molecule has 0 aromatic carbocycles. The van der Waals surface area contributed by atoms with Gasteiger partial charge in [-0.2, -0.15) is 0 Å². The summed E-state index contributed by atoms with van der Waals surface area (Å²) in [7, 11) is 0. The van der Waals surface area contributed by atoms with Crippen molar-refractivity contribution in [2.24, 2.45) is 5.92 Å². The van der Waals surface area contributed by atoms with Crippen LogP contribution in [0.3, 0.4) is 0 Å². The summed E-state index contributed by atoms with van der Waals surface area (Å²) in [5.74, 6) is -0.767. The first-order valence-corrected chi connectivity index (χ1v) is 6.33. The summed E-state index contributed by atoms with van der Waals surface area (Å²) in [6, 6.07) is 1.28. The van der Waals surface area contributed by atoms with Crippen LogP contribution in [0.4, 0.5) is 0 Å². The van der Waals surface area contributed by atoms with Crippen LogP contribution >= 0.6 is 0 Å². The van der Waals surface area contributed by atoms with Gasteiger partial charge in [0, 0.05) is 31.6 Å². The maximum absolute atomic E-state index is 11.9. The Morgan fingerprint density at radius 3 is 2.84 bits per heavy atom. The van der Waals surface area contributed by atoms with Crippen molar-refractivity contribution in [1.29, 1.82) is 0 Å². The van der Waals surface area contributed by atoms with Gasteiger partial charge < -0.3 is 19.6 Å². The number of rotatable bonds is 5. The van der Waals surface area contributed by atoms with E-state index in [0.29, 0.717) is 31.3 Å². The van der Waals surface area contributed by atoms with E-state index in [1.165, 1.54) is 6.07 Å². The maximum atomic E-state index is 11.9. The van der Waals surface area contributed by atoms with E-state index >= 15 is 0 Å². The molecule has 2 heterocycles. The lowest BCUT2D eigenvalue weighted by Crippen LogP contribution is -2.29. The highest BCUT2D eigenvalue weighted by Gasteiger charge is 2.21. The van der Waals surface area contributed by atoms with E-state index < -0.39 is 5.97 Å². The number of furan rings is 1. The van der Waals surface area contributed by atoms with Crippen molar-refractivity contribution in [3.8, 4) is 0 Å². The topological polar surface area (TPSA) is 88.8 Å². The molecule has 1 amide bonds. The standard InChI is InChI=1S/C13H17NO5/c1-2-10-9(13(16)17)5-11(19-10)12(15)14-6-8-3-4-18-7-8/h5,8H,2-4,6-7H2,1H3,(H,14,15)(H,16,17). The second-order valence-electron chi connectivity index (χ2n) is 4.55. The Balaban J connectivity index is 2.00.